The maximum Gasteiger partial charge on any atom is 0.247 e. The van der Waals surface area contributed by atoms with Crippen molar-refractivity contribution in [2.45, 2.75) is 0 Å². The summed E-state index contributed by atoms with van der Waals surface area (Å²) < 4.78 is 0. The molecule has 0 fully saturated rings. The summed E-state index contributed by atoms with van der Waals surface area (Å²) in [6.07, 6.45) is 0. The van der Waals surface area contributed by atoms with E-state index < -0.39 is 0 Å². The molecule has 0 aromatic carbocycles. The molecule has 0 saturated heterocycles. The molecule has 0 aliphatic carbocycles. The second-order valence-corrected chi connectivity index (χ2v) is 1.85. The lowest BCUT2D eigenvalue weighted by Gasteiger charge is -2.01. The third kappa shape index (κ3) is 5.49. The second-order valence-electron chi connectivity index (χ2n) is 1.85. The van der Waals surface area contributed by atoms with Gasteiger partial charge in [-0.05, 0) is 7.05 Å². The smallest absolute Gasteiger partial charge is 0.247 e. The van der Waals surface area contributed by atoms with Gasteiger partial charge in [0.25, 0.3) is 0 Å². The van der Waals surface area contributed by atoms with E-state index in [1.807, 2.05) is 12.5 Å². The summed E-state index contributed by atoms with van der Waals surface area (Å²) in [5.41, 5.74) is 2.02. The van der Waals surface area contributed by atoms with Crippen LogP contribution in [0.2, 0.25) is 0 Å². The Hall–Kier alpha value is -0.650. The Kier molecular flexibility index (Phi) is 6.05. The van der Waals surface area contributed by atoms with Crippen molar-refractivity contribution in [1.29, 1.82) is 0 Å². The highest BCUT2D eigenvalue weighted by atomic mass is 16.2. The Morgan fingerprint density at radius 2 is 2.20 bits per heavy atom. The molecule has 60 valence electrons. The van der Waals surface area contributed by atoms with Crippen molar-refractivity contribution in [2.75, 3.05) is 26.7 Å². The highest BCUT2D eigenvalue weighted by molar-refractivity contribution is 5.77. The zero-order valence-corrected chi connectivity index (χ0v) is 6.11. The van der Waals surface area contributed by atoms with Crippen LogP contribution in [0.25, 0.3) is 0 Å². The van der Waals surface area contributed by atoms with Crippen LogP contribution in [-0.2, 0) is 4.79 Å². The zero-order valence-electron chi connectivity index (χ0n) is 6.11. The summed E-state index contributed by atoms with van der Waals surface area (Å²) in [6, 6.07) is 0. The molecule has 0 aliphatic heterocycles. The van der Waals surface area contributed by atoms with Gasteiger partial charge in [0.2, 0.25) is 5.91 Å². The molecule has 0 radical (unpaired) electrons. The van der Waals surface area contributed by atoms with Gasteiger partial charge in [0.1, 0.15) is 0 Å². The van der Waals surface area contributed by atoms with Gasteiger partial charge in [-0.2, -0.15) is 0 Å². The fourth-order valence-corrected chi connectivity index (χ4v) is 0.466. The second kappa shape index (κ2) is 6.47. The SMILES string of the molecule is CNCCNCC(=O)NN. The molecule has 0 saturated carbocycles. The van der Waals surface area contributed by atoms with Gasteiger partial charge in [0.15, 0.2) is 0 Å². The van der Waals surface area contributed by atoms with E-state index in [1.165, 1.54) is 0 Å². The topological polar surface area (TPSA) is 79.2 Å². The molecule has 0 heterocycles. The Labute approximate surface area is 60.3 Å². The normalized spacial score (nSPS) is 9.40. The molecule has 1 amide bonds. The highest BCUT2D eigenvalue weighted by Crippen LogP contribution is 1.58. The summed E-state index contributed by atoms with van der Waals surface area (Å²) >= 11 is 0. The fourth-order valence-electron chi connectivity index (χ4n) is 0.466. The highest BCUT2D eigenvalue weighted by Gasteiger charge is 1.93. The van der Waals surface area contributed by atoms with Crippen LogP contribution < -0.4 is 21.9 Å². The monoisotopic (exact) mass is 146 g/mol. The minimum absolute atomic E-state index is 0.198. The van der Waals surface area contributed by atoms with Crippen molar-refractivity contribution in [2.24, 2.45) is 5.84 Å². The van der Waals surface area contributed by atoms with Crippen LogP contribution in [0, 0.1) is 0 Å². The summed E-state index contributed by atoms with van der Waals surface area (Å²) in [4.78, 5) is 10.5. The Morgan fingerprint density at radius 3 is 2.70 bits per heavy atom. The molecule has 0 rings (SSSR count). The first-order valence-electron chi connectivity index (χ1n) is 3.16. The van der Waals surface area contributed by atoms with Crippen molar-refractivity contribution in [3.63, 3.8) is 0 Å². The van der Waals surface area contributed by atoms with Gasteiger partial charge >= 0.3 is 0 Å². The maximum atomic E-state index is 10.5. The molecular formula is C5H14N4O. The molecule has 5 nitrogen and oxygen atoms in total. The van der Waals surface area contributed by atoms with Crippen LogP contribution >= 0.6 is 0 Å². The van der Waals surface area contributed by atoms with Crippen LogP contribution in [0.1, 0.15) is 0 Å². The van der Waals surface area contributed by atoms with E-state index in [9.17, 15) is 4.79 Å². The summed E-state index contributed by atoms with van der Waals surface area (Å²) in [5.74, 6) is 4.63. The van der Waals surface area contributed by atoms with Gasteiger partial charge < -0.3 is 10.6 Å². The van der Waals surface area contributed by atoms with E-state index in [0.717, 1.165) is 13.1 Å². The Balaban J connectivity index is 2.96. The van der Waals surface area contributed by atoms with E-state index >= 15 is 0 Å². The van der Waals surface area contributed by atoms with Crippen LogP contribution in [-0.4, -0.2) is 32.6 Å². The summed E-state index contributed by atoms with van der Waals surface area (Å²) in [7, 11) is 1.85. The number of amides is 1. The van der Waals surface area contributed by atoms with Crippen LogP contribution in [0.5, 0.6) is 0 Å². The van der Waals surface area contributed by atoms with Gasteiger partial charge in [-0.25, -0.2) is 5.84 Å². The first-order chi connectivity index (χ1) is 4.81. The number of likely N-dealkylation sites (N-methyl/N-ethyl adjacent to an activating group) is 1. The summed E-state index contributed by atoms with van der Waals surface area (Å²) in [5, 5.41) is 5.82. The number of hydrogen-bond donors (Lipinski definition) is 4. The lowest BCUT2D eigenvalue weighted by molar-refractivity contribution is -0.120. The first kappa shape index (κ1) is 9.35. The lowest BCUT2D eigenvalue weighted by atomic mass is 10.5. The Morgan fingerprint density at radius 1 is 1.50 bits per heavy atom. The molecule has 10 heavy (non-hydrogen) atoms. The van der Waals surface area contributed by atoms with Crippen LogP contribution in [0.4, 0.5) is 0 Å². The van der Waals surface area contributed by atoms with Crippen molar-refractivity contribution in [1.82, 2.24) is 16.1 Å². The molecule has 0 atom stereocenters. The molecule has 0 aromatic heterocycles. The molecule has 0 spiro atoms. The van der Waals surface area contributed by atoms with Crippen molar-refractivity contribution in [3.05, 3.63) is 0 Å². The quantitative estimate of drug-likeness (QED) is 0.153. The first-order valence-corrected chi connectivity index (χ1v) is 3.16. The van der Waals surface area contributed by atoms with Gasteiger partial charge in [0, 0.05) is 13.1 Å². The average Bonchev–Trinajstić information content (AvgIpc) is 1.98. The van der Waals surface area contributed by atoms with E-state index in [2.05, 4.69) is 10.6 Å². The number of nitrogens with two attached hydrogens (primary N) is 1. The number of hydrogen-bond acceptors (Lipinski definition) is 4. The van der Waals surface area contributed by atoms with Crippen molar-refractivity contribution < 1.29 is 4.79 Å². The number of nitrogens with one attached hydrogen (secondary N) is 3. The molecule has 0 bridgehead atoms. The lowest BCUT2D eigenvalue weighted by Crippen LogP contribution is -2.39. The predicted molar refractivity (Wildman–Crippen MR) is 39.1 cm³/mol. The van der Waals surface area contributed by atoms with Gasteiger partial charge in [-0.15, -0.1) is 0 Å². The van der Waals surface area contributed by atoms with E-state index in [4.69, 9.17) is 5.84 Å². The van der Waals surface area contributed by atoms with Crippen LogP contribution in [0.3, 0.4) is 0 Å². The molecule has 0 aliphatic rings. The van der Waals surface area contributed by atoms with Crippen molar-refractivity contribution >= 4 is 5.91 Å². The average molecular weight is 146 g/mol. The fraction of sp³-hybridized carbons (Fsp3) is 0.800. The maximum absolute atomic E-state index is 10.5. The number of rotatable bonds is 5. The molecular weight excluding hydrogens is 132 g/mol. The van der Waals surface area contributed by atoms with E-state index in [-0.39, 0.29) is 12.5 Å². The molecule has 0 aromatic rings. The Bertz CT molecular complexity index is 95.6. The molecule has 0 unspecified atom stereocenters. The van der Waals surface area contributed by atoms with Gasteiger partial charge in [-0.3, -0.25) is 10.2 Å². The largest absolute Gasteiger partial charge is 0.318 e. The van der Waals surface area contributed by atoms with Gasteiger partial charge in [0.05, 0.1) is 6.54 Å². The number of carbonyl (C=O) groups excluding carboxylic acids is 1. The summed E-state index contributed by atoms with van der Waals surface area (Å²) in [6.45, 7) is 1.89. The third-order valence-corrected chi connectivity index (χ3v) is 0.998. The number of hydrazine groups is 1. The minimum Gasteiger partial charge on any atom is -0.318 e. The minimum atomic E-state index is -0.198. The standard InChI is InChI=1S/C5H14N4O/c1-7-2-3-8-4-5(10)9-6/h7-8H,2-4,6H2,1H3,(H,9,10). The van der Waals surface area contributed by atoms with Gasteiger partial charge in [-0.1, -0.05) is 0 Å². The molecule has 5 heteroatoms. The zero-order chi connectivity index (χ0) is 7.82. The van der Waals surface area contributed by atoms with Crippen LogP contribution in [0.15, 0.2) is 0 Å². The molecule has 5 N–H and O–H groups in total. The third-order valence-electron chi connectivity index (χ3n) is 0.998. The van der Waals surface area contributed by atoms with E-state index in [0.29, 0.717) is 0 Å². The predicted octanol–water partition coefficient (Wildman–Crippen LogP) is -2.21. The van der Waals surface area contributed by atoms with E-state index in [1.54, 1.807) is 0 Å². The van der Waals surface area contributed by atoms with Crippen molar-refractivity contribution in [3.8, 4) is 0 Å². The number of carbonyl (C=O) groups is 1.